The van der Waals surface area contributed by atoms with Gasteiger partial charge < -0.3 is 10.2 Å². The Kier molecular flexibility index (Phi) is 7.29. The minimum absolute atomic E-state index is 0. The van der Waals surface area contributed by atoms with Crippen LogP contribution in [0, 0.1) is 12.8 Å². The Morgan fingerprint density at radius 3 is 2.61 bits per heavy atom. The number of aryl methyl sites for hydroxylation is 1. The molecule has 0 spiro atoms. The van der Waals surface area contributed by atoms with Gasteiger partial charge in [-0.3, -0.25) is 4.79 Å². The van der Waals surface area contributed by atoms with Gasteiger partial charge in [0, 0.05) is 30.2 Å². The van der Waals surface area contributed by atoms with Crippen LogP contribution in [0.2, 0.25) is 5.02 Å². The molecule has 1 unspecified atom stereocenters. The summed E-state index contributed by atoms with van der Waals surface area (Å²) in [4.78, 5) is 13.7. The average molecular weight is 291 g/mol. The normalized spacial score (nSPS) is 11.6. The Balaban J connectivity index is 0.00000289. The molecule has 0 radical (unpaired) electrons. The van der Waals surface area contributed by atoms with Crippen molar-refractivity contribution >= 4 is 35.6 Å². The van der Waals surface area contributed by atoms with Crippen molar-refractivity contribution in [1.29, 1.82) is 0 Å². The molecule has 1 N–H and O–H groups in total. The van der Waals surface area contributed by atoms with Crippen LogP contribution in [0.15, 0.2) is 18.2 Å². The fourth-order valence-corrected chi connectivity index (χ4v) is 1.82. The van der Waals surface area contributed by atoms with Crippen molar-refractivity contribution in [3.8, 4) is 0 Å². The second-order valence-corrected chi connectivity index (χ2v) is 4.70. The van der Waals surface area contributed by atoms with E-state index in [1.165, 1.54) is 0 Å². The van der Waals surface area contributed by atoms with Crippen LogP contribution in [0.4, 0.5) is 5.69 Å². The van der Waals surface area contributed by atoms with Crippen LogP contribution in [0.1, 0.15) is 12.5 Å². The lowest BCUT2D eigenvalue weighted by Gasteiger charge is -2.21. The molecule has 0 heterocycles. The quantitative estimate of drug-likeness (QED) is 0.925. The maximum Gasteiger partial charge on any atom is 0.230 e. The van der Waals surface area contributed by atoms with E-state index < -0.39 is 0 Å². The number of nitrogens with zero attached hydrogens (tertiary/aromatic N) is 1. The van der Waals surface area contributed by atoms with E-state index >= 15 is 0 Å². The van der Waals surface area contributed by atoms with Gasteiger partial charge in [0.1, 0.15) is 0 Å². The van der Waals surface area contributed by atoms with Crippen molar-refractivity contribution in [2.45, 2.75) is 13.8 Å². The molecule has 102 valence electrons. The summed E-state index contributed by atoms with van der Waals surface area (Å²) < 4.78 is 0. The van der Waals surface area contributed by atoms with Crippen LogP contribution in [0.25, 0.3) is 0 Å². The minimum Gasteiger partial charge on any atom is -0.319 e. The Labute approximate surface area is 120 Å². The lowest BCUT2D eigenvalue weighted by Crippen LogP contribution is -2.35. The molecule has 1 aromatic rings. The topological polar surface area (TPSA) is 32.3 Å². The molecular formula is C13H20Cl2N2O. The molecule has 0 aliphatic heterocycles. The summed E-state index contributed by atoms with van der Waals surface area (Å²) in [6.45, 7) is 4.52. The highest BCUT2D eigenvalue weighted by Crippen LogP contribution is 2.23. The van der Waals surface area contributed by atoms with Crippen LogP contribution < -0.4 is 10.2 Å². The zero-order chi connectivity index (χ0) is 13.0. The second kappa shape index (κ2) is 7.62. The Hall–Kier alpha value is -0.770. The fraction of sp³-hybridized carbons (Fsp3) is 0.462. The third kappa shape index (κ3) is 4.16. The molecule has 3 nitrogen and oxygen atoms in total. The standard InChI is InChI=1S/C13H19ClN2O.ClH/c1-9-5-6-11(7-12(9)14)16(4)13(17)10(2)8-15-3;/h5-7,10,15H,8H2,1-4H3;1H. The van der Waals surface area contributed by atoms with E-state index in [1.54, 1.807) is 11.9 Å². The van der Waals surface area contributed by atoms with Crippen molar-refractivity contribution in [1.82, 2.24) is 5.32 Å². The van der Waals surface area contributed by atoms with Gasteiger partial charge in [-0.2, -0.15) is 0 Å². The fourth-order valence-electron chi connectivity index (χ4n) is 1.64. The number of amides is 1. The lowest BCUT2D eigenvalue weighted by atomic mass is 10.1. The van der Waals surface area contributed by atoms with Crippen molar-refractivity contribution in [3.63, 3.8) is 0 Å². The van der Waals surface area contributed by atoms with E-state index in [1.807, 2.05) is 39.1 Å². The predicted molar refractivity (Wildman–Crippen MR) is 79.9 cm³/mol. The molecule has 0 fully saturated rings. The van der Waals surface area contributed by atoms with Gasteiger partial charge in [0.15, 0.2) is 0 Å². The summed E-state index contributed by atoms with van der Waals surface area (Å²) in [5.74, 6) is 0.0318. The zero-order valence-corrected chi connectivity index (χ0v) is 12.7. The van der Waals surface area contributed by atoms with Gasteiger partial charge in [0.2, 0.25) is 5.91 Å². The van der Waals surface area contributed by atoms with Crippen LogP contribution in [-0.2, 0) is 4.79 Å². The molecule has 0 saturated heterocycles. The first-order valence-corrected chi connectivity index (χ1v) is 6.03. The van der Waals surface area contributed by atoms with E-state index in [9.17, 15) is 4.79 Å². The van der Waals surface area contributed by atoms with Crippen LogP contribution in [-0.4, -0.2) is 26.5 Å². The van der Waals surface area contributed by atoms with Gasteiger partial charge in [-0.15, -0.1) is 12.4 Å². The summed E-state index contributed by atoms with van der Waals surface area (Å²) >= 11 is 6.05. The maximum absolute atomic E-state index is 12.1. The number of halogens is 2. The summed E-state index contributed by atoms with van der Waals surface area (Å²) in [7, 11) is 3.61. The number of anilines is 1. The van der Waals surface area contributed by atoms with E-state index in [0.717, 1.165) is 11.3 Å². The number of carbonyl (C=O) groups excluding carboxylic acids is 1. The molecule has 1 aromatic carbocycles. The molecule has 0 aliphatic carbocycles. The van der Waals surface area contributed by atoms with Gasteiger partial charge in [0.05, 0.1) is 0 Å². The van der Waals surface area contributed by atoms with Crippen molar-refractivity contribution in [3.05, 3.63) is 28.8 Å². The van der Waals surface area contributed by atoms with E-state index in [2.05, 4.69) is 5.32 Å². The summed E-state index contributed by atoms with van der Waals surface area (Å²) in [6.07, 6.45) is 0. The Morgan fingerprint density at radius 2 is 2.11 bits per heavy atom. The molecule has 0 aliphatic rings. The first-order valence-electron chi connectivity index (χ1n) is 5.65. The second-order valence-electron chi connectivity index (χ2n) is 4.29. The molecule has 0 bridgehead atoms. The van der Waals surface area contributed by atoms with Gasteiger partial charge >= 0.3 is 0 Å². The third-order valence-corrected chi connectivity index (χ3v) is 3.21. The van der Waals surface area contributed by atoms with Crippen LogP contribution in [0.5, 0.6) is 0 Å². The zero-order valence-electron chi connectivity index (χ0n) is 11.2. The van der Waals surface area contributed by atoms with Crippen molar-refractivity contribution in [2.24, 2.45) is 5.92 Å². The first-order chi connectivity index (χ1) is 7.97. The monoisotopic (exact) mass is 290 g/mol. The Bertz CT molecular complexity index is 410. The summed E-state index contributed by atoms with van der Waals surface area (Å²) in [5.41, 5.74) is 1.84. The highest BCUT2D eigenvalue weighted by Gasteiger charge is 2.18. The van der Waals surface area contributed by atoms with Crippen LogP contribution in [0.3, 0.4) is 0 Å². The molecule has 1 amide bonds. The molecular weight excluding hydrogens is 271 g/mol. The molecule has 1 rings (SSSR count). The van der Waals surface area contributed by atoms with Gasteiger partial charge in [-0.05, 0) is 31.7 Å². The average Bonchev–Trinajstić information content (AvgIpc) is 2.31. The summed E-state index contributed by atoms with van der Waals surface area (Å²) in [6, 6.07) is 5.65. The van der Waals surface area contributed by atoms with Gasteiger partial charge in [-0.25, -0.2) is 0 Å². The SMILES string of the molecule is CNCC(C)C(=O)N(C)c1ccc(C)c(Cl)c1.Cl. The molecule has 18 heavy (non-hydrogen) atoms. The van der Waals surface area contributed by atoms with E-state index in [-0.39, 0.29) is 24.2 Å². The number of hydrogen-bond acceptors (Lipinski definition) is 2. The van der Waals surface area contributed by atoms with Crippen molar-refractivity contribution in [2.75, 3.05) is 25.5 Å². The molecule has 0 aromatic heterocycles. The van der Waals surface area contributed by atoms with Gasteiger partial charge in [-0.1, -0.05) is 24.6 Å². The number of rotatable bonds is 4. The predicted octanol–water partition coefficient (Wildman–Crippen LogP) is 2.89. The maximum atomic E-state index is 12.1. The minimum atomic E-state index is -0.0509. The Morgan fingerprint density at radius 1 is 1.50 bits per heavy atom. The molecule has 5 heteroatoms. The van der Waals surface area contributed by atoms with Crippen molar-refractivity contribution < 1.29 is 4.79 Å². The number of benzene rings is 1. The van der Waals surface area contributed by atoms with E-state index in [0.29, 0.717) is 11.6 Å². The molecule has 1 atom stereocenters. The smallest absolute Gasteiger partial charge is 0.230 e. The largest absolute Gasteiger partial charge is 0.319 e. The van der Waals surface area contributed by atoms with E-state index in [4.69, 9.17) is 11.6 Å². The molecule has 0 saturated carbocycles. The number of carbonyl (C=O) groups is 1. The number of nitrogens with one attached hydrogen (secondary N) is 1. The summed E-state index contributed by atoms with van der Waals surface area (Å²) in [5, 5.41) is 3.69. The first kappa shape index (κ1) is 17.2. The highest BCUT2D eigenvalue weighted by molar-refractivity contribution is 6.31. The van der Waals surface area contributed by atoms with Crippen LogP contribution >= 0.6 is 24.0 Å². The number of hydrogen-bond donors (Lipinski definition) is 1. The third-order valence-electron chi connectivity index (χ3n) is 2.81. The lowest BCUT2D eigenvalue weighted by molar-refractivity contribution is -0.121. The highest BCUT2D eigenvalue weighted by atomic mass is 35.5. The van der Waals surface area contributed by atoms with Gasteiger partial charge in [0.25, 0.3) is 0 Å².